The number of halogens is 1. The standard InChI is InChI=1S/C15H17ClN2O3S/c1-10-8-14(18-21-10)17-15(19)11(2)22-7-6-20-13-5-3-4-12(16)9-13/h3-5,8-9,11H,6-7H2,1-2H3,(H,17,18,19). The van der Waals surface area contributed by atoms with Crippen LogP contribution in [0.15, 0.2) is 34.9 Å². The molecule has 0 saturated carbocycles. The van der Waals surface area contributed by atoms with E-state index in [1.54, 1.807) is 25.1 Å². The Morgan fingerprint density at radius 1 is 1.50 bits per heavy atom. The molecular weight excluding hydrogens is 324 g/mol. The fourth-order valence-corrected chi connectivity index (χ4v) is 2.59. The Balaban J connectivity index is 1.68. The van der Waals surface area contributed by atoms with Gasteiger partial charge in [-0.25, -0.2) is 0 Å². The van der Waals surface area contributed by atoms with E-state index in [0.29, 0.717) is 29.0 Å². The van der Waals surface area contributed by atoms with E-state index in [-0.39, 0.29) is 11.2 Å². The summed E-state index contributed by atoms with van der Waals surface area (Å²) in [4.78, 5) is 12.0. The minimum atomic E-state index is -0.208. The van der Waals surface area contributed by atoms with Crippen LogP contribution >= 0.6 is 23.4 Å². The Hall–Kier alpha value is -1.66. The minimum absolute atomic E-state index is 0.110. The van der Waals surface area contributed by atoms with Crippen molar-refractivity contribution in [3.05, 3.63) is 41.1 Å². The third-order valence-electron chi connectivity index (χ3n) is 2.76. The molecule has 0 aliphatic carbocycles. The van der Waals surface area contributed by atoms with Crippen LogP contribution in [0.3, 0.4) is 0 Å². The molecule has 1 aromatic heterocycles. The summed E-state index contributed by atoms with van der Waals surface area (Å²) < 4.78 is 10.5. The first-order chi connectivity index (χ1) is 10.5. The summed E-state index contributed by atoms with van der Waals surface area (Å²) in [5.41, 5.74) is 0. The zero-order chi connectivity index (χ0) is 15.9. The molecule has 1 amide bonds. The summed E-state index contributed by atoms with van der Waals surface area (Å²) in [6.07, 6.45) is 0. The van der Waals surface area contributed by atoms with Crippen LogP contribution in [-0.2, 0) is 4.79 Å². The molecule has 0 saturated heterocycles. The Morgan fingerprint density at radius 3 is 3.00 bits per heavy atom. The van der Waals surface area contributed by atoms with Gasteiger partial charge in [-0.3, -0.25) is 4.79 Å². The molecule has 22 heavy (non-hydrogen) atoms. The summed E-state index contributed by atoms with van der Waals surface area (Å²) in [6, 6.07) is 8.91. The topological polar surface area (TPSA) is 64.4 Å². The van der Waals surface area contributed by atoms with Crippen LogP contribution in [0.5, 0.6) is 5.75 Å². The molecule has 5 nitrogen and oxygen atoms in total. The Kier molecular flexibility index (Phi) is 6.15. The van der Waals surface area contributed by atoms with Crippen molar-refractivity contribution in [2.45, 2.75) is 19.1 Å². The number of nitrogens with one attached hydrogen (secondary N) is 1. The number of amides is 1. The van der Waals surface area contributed by atoms with Gasteiger partial charge in [0, 0.05) is 16.8 Å². The molecule has 118 valence electrons. The zero-order valence-electron chi connectivity index (χ0n) is 12.3. The van der Waals surface area contributed by atoms with Crippen molar-refractivity contribution < 1.29 is 14.1 Å². The number of aryl methyl sites for hydroxylation is 1. The monoisotopic (exact) mass is 340 g/mol. The molecule has 0 bridgehead atoms. The van der Waals surface area contributed by atoms with Crippen molar-refractivity contribution in [1.29, 1.82) is 0 Å². The molecular formula is C15H17ClN2O3S. The van der Waals surface area contributed by atoms with Gasteiger partial charge in [-0.2, -0.15) is 0 Å². The van der Waals surface area contributed by atoms with Crippen molar-refractivity contribution in [1.82, 2.24) is 5.16 Å². The molecule has 1 atom stereocenters. The zero-order valence-corrected chi connectivity index (χ0v) is 13.9. The molecule has 1 heterocycles. The summed E-state index contributed by atoms with van der Waals surface area (Å²) in [6.45, 7) is 4.12. The molecule has 2 aromatic rings. The van der Waals surface area contributed by atoms with Crippen molar-refractivity contribution in [2.24, 2.45) is 0 Å². The van der Waals surface area contributed by atoms with Gasteiger partial charge in [-0.1, -0.05) is 22.8 Å². The molecule has 1 aromatic carbocycles. The van der Waals surface area contributed by atoms with Gasteiger partial charge >= 0.3 is 0 Å². The second-order valence-corrected chi connectivity index (χ2v) is 6.52. The Labute approximate surface area is 138 Å². The van der Waals surface area contributed by atoms with E-state index in [1.165, 1.54) is 11.8 Å². The van der Waals surface area contributed by atoms with Crippen LogP contribution in [-0.4, -0.2) is 28.7 Å². The maximum Gasteiger partial charge on any atom is 0.238 e. The van der Waals surface area contributed by atoms with Crippen LogP contribution in [0, 0.1) is 6.92 Å². The van der Waals surface area contributed by atoms with E-state index in [4.69, 9.17) is 20.9 Å². The van der Waals surface area contributed by atoms with E-state index in [1.807, 2.05) is 19.1 Å². The third kappa shape index (κ3) is 5.27. The number of rotatable bonds is 7. The molecule has 7 heteroatoms. The largest absolute Gasteiger partial charge is 0.493 e. The van der Waals surface area contributed by atoms with Crippen LogP contribution in [0.4, 0.5) is 5.82 Å². The smallest absolute Gasteiger partial charge is 0.238 e. The number of benzene rings is 1. The van der Waals surface area contributed by atoms with Gasteiger partial charge < -0.3 is 14.6 Å². The van der Waals surface area contributed by atoms with Gasteiger partial charge in [0.05, 0.1) is 11.9 Å². The van der Waals surface area contributed by atoms with Gasteiger partial charge in [0.2, 0.25) is 5.91 Å². The second-order valence-electron chi connectivity index (χ2n) is 4.63. The second kappa shape index (κ2) is 8.10. The van der Waals surface area contributed by atoms with Gasteiger partial charge in [0.1, 0.15) is 11.5 Å². The molecule has 1 unspecified atom stereocenters. The van der Waals surface area contributed by atoms with Gasteiger partial charge in [-0.15, -0.1) is 11.8 Å². The average Bonchev–Trinajstić information content (AvgIpc) is 2.88. The number of aromatic nitrogens is 1. The highest BCUT2D eigenvalue weighted by Crippen LogP contribution is 2.18. The van der Waals surface area contributed by atoms with Crippen LogP contribution in [0.1, 0.15) is 12.7 Å². The fraction of sp³-hybridized carbons (Fsp3) is 0.333. The lowest BCUT2D eigenvalue weighted by Crippen LogP contribution is -2.23. The first-order valence-electron chi connectivity index (χ1n) is 6.79. The molecule has 0 fully saturated rings. The maximum atomic E-state index is 12.0. The summed E-state index contributed by atoms with van der Waals surface area (Å²) in [5, 5.41) is 6.87. The number of carbonyl (C=O) groups excluding carboxylic acids is 1. The first kappa shape index (κ1) is 16.7. The molecule has 0 aliphatic rings. The third-order valence-corrected chi connectivity index (χ3v) is 4.12. The van der Waals surface area contributed by atoms with Crippen LogP contribution < -0.4 is 10.1 Å². The highest BCUT2D eigenvalue weighted by Gasteiger charge is 2.15. The molecule has 2 rings (SSSR count). The number of ether oxygens (including phenoxy) is 1. The number of anilines is 1. The number of hydrogen-bond donors (Lipinski definition) is 1. The lowest BCUT2D eigenvalue weighted by atomic mass is 10.3. The molecule has 0 aliphatic heterocycles. The highest BCUT2D eigenvalue weighted by molar-refractivity contribution is 8.00. The summed E-state index contributed by atoms with van der Waals surface area (Å²) in [5.74, 6) is 2.40. The Morgan fingerprint density at radius 2 is 2.32 bits per heavy atom. The van der Waals surface area contributed by atoms with Gasteiger partial charge in [-0.05, 0) is 32.0 Å². The van der Waals surface area contributed by atoms with Gasteiger partial charge in [0.25, 0.3) is 0 Å². The van der Waals surface area contributed by atoms with Crippen LogP contribution in [0.25, 0.3) is 0 Å². The lowest BCUT2D eigenvalue weighted by molar-refractivity contribution is -0.115. The SMILES string of the molecule is Cc1cc(NC(=O)C(C)SCCOc2cccc(Cl)c2)no1. The van der Waals surface area contributed by atoms with E-state index < -0.39 is 0 Å². The van der Waals surface area contributed by atoms with Crippen molar-refractivity contribution >= 4 is 35.1 Å². The predicted molar refractivity (Wildman–Crippen MR) is 88.7 cm³/mol. The van der Waals surface area contributed by atoms with E-state index in [9.17, 15) is 4.79 Å². The molecule has 1 N–H and O–H groups in total. The maximum absolute atomic E-state index is 12.0. The Bertz CT molecular complexity index is 633. The first-order valence-corrected chi connectivity index (χ1v) is 8.21. The van der Waals surface area contributed by atoms with Crippen LogP contribution in [0.2, 0.25) is 5.02 Å². The predicted octanol–water partition coefficient (Wildman–Crippen LogP) is 3.78. The average molecular weight is 341 g/mol. The fourth-order valence-electron chi connectivity index (χ4n) is 1.67. The number of hydrogen-bond acceptors (Lipinski definition) is 5. The minimum Gasteiger partial charge on any atom is -0.493 e. The number of carbonyl (C=O) groups is 1. The normalized spacial score (nSPS) is 12.0. The number of nitrogens with zero attached hydrogens (tertiary/aromatic N) is 1. The van der Waals surface area contributed by atoms with Crippen molar-refractivity contribution in [3.63, 3.8) is 0 Å². The lowest BCUT2D eigenvalue weighted by Gasteiger charge is -2.11. The summed E-state index contributed by atoms with van der Waals surface area (Å²) >= 11 is 7.38. The molecule has 0 radical (unpaired) electrons. The van der Waals surface area contributed by atoms with Crippen molar-refractivity contribution in [2.75, 3.05) is 17.7 Å². The number of thioether (sulfide) groups is 1. The molecule has 0 spiro atoms. The van der Waals surface area contributed by atoms with Gasteiger partial charge in [0.15, 0.2) is 5.82 Å². The van der Waals surface area contributed by atoms with E-state index in [2.05, 4.69) is 10.5 Å². The summed E-state index contributed by atoms with van der Waals surface area (Å²) in [7, 11) is 0. The van der Waals surface area contributed by atoms with E-state index >= 15 is 0 Å². The quantitative estimate of drug-likeness (QED) is 0.777. The highest BCUT2D eigenvalue weighted by atomic mass is 35.5. The van der Waals surface area contributed by atoms with E-state index in [0.717, 1.165) is 5.75 Å². The van der Waals surface area contributed by atoms with Crippen molar-refractivity contribution in [3.8, 4) is 5.75 Å².